The molecule has 1 amide bonds. The minimum Gasteiger partial charge on any atom is -0.478 e. The van der Waals surface area contributed by atoms with Crippen LogP contribution in [0.15, 0.2) is 18.3 Å². The molecule has 32 heavy (non-hydrogen) atoms. The third-order valence-corrected chi connectivity index (χ3v) is 4.93. The van der Waals surface area contributed by atoms with Gasteiger partial charge in [-0.2, -0.15) is 13.2 Å². The predicted molar refractivity (Wildman–Crippen MR) is 112 cm³/mol. The third kappa shape index (κ3) is 7.04. The molecule has 0 bridgehead atoms. The summed E-state index contributed by atoms with van der Waals surface area (Å²) in [6.45, 7) is 7.11. The van der Waals surface area contributed by atoms with Gasteiger partial charge in [0, 0.05) is 24.7 Å². The Bertz CT molecular complexity index is 862. The van der Waals surface area contributed by atoms with Gasteiger partial charge in [-0.15, -0.1) is 5.01 Å². The monoisotopic (exact) mass is 455 g/mol. The van der Waals surface area contributed by atoms with Crippen LogP contribution in [0.3, 0.4) is 0 Å². The fraction of sp³-hybridized carbons (Fsp3) is 0.591. The molecule has 1 heterocycles. The molecule has 1 saturated carbocycles. The van der Waals surface area contributed by atoms with E-state index in [0.717, 1.165) is 5.01 Å². The van der Waals surface area contributed by atoms with Crippen LogP contribution in [0, 0.1) is 23.8 Å². The first-order chi connectivity index (χ1) is 14.8. The van der Waals surface area contributed by atoms with Crippen molar-refractivity contribution in [3.8, 4) is 12.0 Å². The zero-order valence-corrected chi connectivity index (χ0v) is 18.6. The van der Waals surface area contributed by atoms with Crippen LogP contribution in [0.1, 0.15) is 63.7 Å². The van der Waals surface area contributed by atoms with E-state index >= 15 is 0 Å². The average molecular weight is 455 g/mol. The lowest BCUT2D eigenvalue weighted by Gasteiger charge is -2.32. The van der Waals surface area contributed by atoms with E-state index in [4.69, 9.17) is 9.84 Å². The highest BCUT2D eigenvalue weighted by atomic mass is 19.4. The Hall–Kier alpha value is -2.96. The van der Waals surface area contributed by atoms with Gasteiger partial charge in [0.25, 0.3) is 0 Å². The number of pyridine rings is 1. The van der Waals surface area contributed by atoms with Crippen molar-refractivity contribution in [3.63, 3.8) is 0 Å². The van der Waals surface area contributed by atoms with E-state index in [1.807, 2.05) is 0 Å². The fourth-order valence-corrected chi connectivity index (χ4v) is 3.30. The Kier molecular flexibility index (Phi) is 7.99. The van der Waals surface area contributed by atoms with Gasteiger partial charge in [0.05, 0.1) is 11.5 Å². The maximum Gasteiger partial charge on any atom is 0.441 e. The lowest BCUT2D eigenvalue weighted by molar-refractivity contribution is -0.183. The Morgan fingerprint density at radius 3 is 2.25 bits per heavy atom. The molecule has 1 fully saturated rings. The zero-order valence-electron chi connectivity index (χ0n) is 18.6. The Morgan fingerprint density at radius 2 is 1.81 bits per heavy atom. The van der Waals surface area contributed by atoms with Crippen LogP contribution >= 0.6 is 0 Å². The topological polar surface area (TPSA) is 83.0 Å². The first kappa shape index (κ1) is 25.3. The van der Waals surface area contributed by atoms with E-state index in [1.54, 1.807) is 27.7 Å². The van der Waals surface area contributed by atoms with Crippen LogP contribution in [0.4, 0.5) is 23.8 Å². The number of amides is 1. The Balaban J connectivity index is 2.27. The fourth-order valence-electron chi connectivity index (χ4n) is 3.30. The van der Waals surface area contributed by atoms with Crippen molar-refractivity contribution in [2.24, 2.45) is 11.8 Å². The van der Waals surface area contributed by atoms with E-state index in [0.29, 0.717) is 0 Å². The van der Waals surface area contributed by atoms with Crippen LogP contribution in [-0.2, 0) is 4.74 Å². The molecular formula is C22H28F3N3O4. The van der Waals surface area contributed by atoms with Crippen LogP contribution < -0.4 is 5.01 Å². The van der Waals surface area contributed by atoms with Crippen molar-refractivity contribution < 1.29 is 32.6 Å². The number of aromatic carboxylic acids is 1. The summed E-state index contributed by atoms with van der Waals surface area (Å²) in [4.78, 5) is 28.0. The van der Waals surface area contributed by atoms with Crippen molar-refractivity contribution in [2.45, 2.75) is 65.2 Å². The van der Waals surface area contributed by atoms with Gasteiger partial charge in [-0.3, -0.25) is 5.01 Å². The van der Waals surface area contributed by atoms with Gasteiger partial charge in [-0.25, -0.2) is 14.6 Å². The number of carboxylic acid groups (broad SMARTS) is 1. The summed E-state index contributed by atoms with van der Waals surface area (Å²) in [5.74, 6) is 0.470. The molecule has 0 aliphatic heterocycles. The second kappa shape index (κ2) is 10.1. The van der Waals surface area contributed by atoms with E-state index in [1.165, 1.54) is 23.3 Å². The number of ether oxygens (including phenoxy) is 1. The highest BCUT2D eigenvalue weighted by Crippen LogP contribution is 2.39. The summed E-state index contributed by atoms with van der Waals surface area (Å²) in [6, 6.07) is 5.55. The van der Waals surface area contributed by atoms with Gasteiger partial charge < -0.3 is 9.84 Å². The first-order valence-corrected chi connectivity index (χ1v) is 10.4. The predicted octanol–water partition coefficient (Wildman–Crippen LogP) is 5.09. The van der Waals surface area contributed by atoms with Crippen LogP contribution in [-0.4, -0.2) is 45.5 Å². The molecule has 0 unspecified atom stereocenters. The minimum absolute atomic E-state index is 0.00494. The number of carboxylic acids is 1. The second-order valence-corrected chi connectivity index (χ2v) is 8.56. The summed E-state index contributed by atoms with van der Waals surface area (Å²) in [5.41, 5.74) is -0.817. The summed E-state index contributed by atoms with van der Waals surface area (Å²) in [7, 11) is 0. The molecule has 0 saturated heterocycles. The van der Waals surface area contributed by atoms with E-state index in [2.05, 4.69) is 16.9 Å². The molecule has 1 N–H and O–H groups in total. The molecule has 1 aromatic rings. The number of hydrogen-bond donors (Lipinski definition) is 1. The molecule has 0 radical (unpaired) electrons. The number of alkyl halides is 3. The number of rotatable bonds is 4. The van der Waals surface area contributed by atoms with Gasteiger partial charge >= 0.3 is 18.2 Å². The molecule has 176 valence electrons. The summed E-state index contributed by atoms with van der Waals surface area (Å²) < 4.78 is 44.2. The lowest BCUT2D eigenvalue weighted by atomic mass is 9.82. The Morgan fingerprint density at radius 1 is 1.19 bits per heavy atom. The standard InChI is InChI=1S/C22H28F3N3O4/c1-5-27(18-11-8-16(14-26-18)19(29)30)28(20(31)32-21(2,3)4)13-12-15-6-9-17(10-7-15)22(23,24)25/h8,11,14-15,17H,5-7,9-10H2,1-4H3,(H,29,30)/t15-,17-. The smallest absolute Gasteiger partial charge is 0.441 e. The maximum absolute atomic E-state index is 12.9. The van der Waals surface area contributed by atoms with Crippen molar-refractivity contribution in [3.05, 3.63) is 23.9 Å². The SMILES string of the molecule is CCN(c1ccc(C(=O)O)cn1)N(C#C[C@H]1CC[C@H](C(F)(F)F)CC1)C(=O)OC(C)(C)C. The zero-order chi connectivity index (χ0) is 24.1. The average Bonchev–Trinajstić information content (AvgIpc) is 2.69. The van der Waals surface area contributed by atoms with E-state index in [-0.39, 0.29) is 49.5 Å². The number of carbonyl (C=O) groups is 2. The molecule has 10 heteroatoms. The molecule has 0 aromatic carbocycles. The minimum atomic E-state index is -4.20. The van der Waals surface area contributed by atoms with Crippen LogP contribution in [0.5, 0.6) is 0 Å². The number of carbonyl (C=O) groups excluding carboxylic acids is 1. The van der Waals surface area contributed by atoms with Gasteiger partial charge in [-0.1, -0.05) is 5.92 Å². The van der Waals surface area contributed by atoms with Crippen molar-refractivity contribution in [1.82, 2.24) is 9.99 Å². The van der Waals surface area contributed by atoms with Crippen molar-refractivity contribution in [1.29, 1.82) is 0 Å². The number of aromatic nitrogens is 1. The number of halogens is 3. The summed E-state index contributed by atoms with van der Waals surface area (Å²) in [6.07, 6.45) is -3.21. The first-order valence-electron chi connectivity index (χ1n) is 10.4. The molecule has 0 atom stereocenters. The second-order valence-electron chi connectivity index (χ2n) is 8.56. The normalized spacial score (nSPS) is 18.8. The van der Waals surface area contributed by atoms with Crippen LogP contribution in [0.2, 0.25) is 0 Å². The lowest BCUT2D eigenvalue weighted by Crippen LogP contribution is -2.46. The van der Waals surface area contributed by atoms with Crippen molar-refractivity contribution in [2.75, 3.05) is 11.6 Å². The third-order valence-electron chi connectivity index (χ3n) is 4.93. The number of hydrogen-bond acceptors (Lipinski definition) is 5. The molecule has 0 spiro atoms. The van der Waals surface area contributed by atoms with Gasteiger partial charge in [0.2, 0.25) is 0 Å². The largest absolute Gasteiger partial charge is 0.478 e. The number of nitrogens with zero attached hydrogens (tertiary/aromatic N) is 3. The molecule has 7 nitrogen and oxygen atoms in total. The quantitative estimate of drug-likeness (QED) is 0.387. The number of hydrazine groups is 1. The highest BCUT2D eigenvalue weighted by molar-refractivity contribution is 5.87. The Labute approximate surface area is 185 Å². The van der Waals surface area contributed by atoms with Crippen molar-refractivity contribution >= 4 is 17.9 Å². The van der Waals surface area contributed by atoms with Gasteiger partial charge in [0.1, 0.15) is 11.4 Å². The summed E-state index contributed by atoms with van der Waals surface area (Å²) in [5, 5.41) is 11.5. The van der Waals surface area contributed by atoms with E-state index in [9.17, 15) is 22.8 Å². The molecule has 1 aromatic heterocycles. The molecule has 1 aliphatic carbocycles. The van der Waals surface area contributed by atoms with Gasteiger partial charge in [-0.05, 0) is 65.5 Å². The van der Waals surface area contributed by atoms with Gasteiger partial charge in [0.15, 0.2) is 0 Å². The summed E-state index contributed by atoms with van der Waals surface area (Å²) >= 11 is 0. The maximum atomic E-state index is 12.9. The molecular weight excluding hydrogens is 427 g/mol. The molecule has 2 rings (SSSR count). The highest BCUT2D eigenvalue weighted by Gasteiger charge is 2.41. The van der Waals surface area contributed by atoms with Crippen LogP contribution in [0.25, 0.3) is 0 Å². The molecule has 1 aliphatic rings. The number of anilines is 1. The van der Waals surface area contributed by atoms with E-state index < -0.39 is 29.8 Å².